The molecule has 0 spiro atoms. The van der Waals surface area contributed by atoms with Gasteiger partial charge < -0.3 is 24.5 Å². The number of pyridine rings is 1. The smallest absolute Gasteiger partial charge is 0.326 e. The predicted molar refractivity (Wildman–Crippen MR) is 179 cm³/mol. The number of nitrogens with one attached hydrogen (secondary N) is 2. The number of unbranched alkanes of at least 4 members (excludes halogenated alkanes) is 6. The van der Waals surface area contributed by atoms with E-state index in [1.54, 1.807) is 32.4 Å². The van der Waals surface area contributed by atoms with Crippen LogP contribution in [-0.2, 0) is 34.9 Å². The molecule has 0 aliphatic rings. The Morgan fingerprint density at radius 1 is 0.911 bits per heavy atom. The van der Waals surface area contributed by atoms with Crippen LogP contribution in [0.2, 0.25) is 0 Å². The van der Waals surface area contributed by atoms with Crippen molar-refractivity contribution in [1.29, 1.82) is 0 Å². The molecule has 0 amide bonds. The van der Waals surface area contributed by atoms with Gasteiger partial charge in [-0.2, -0.15) is 0 Å². The summed E-state index contributed by atoms with van der Waals surface area (Å²) in [6, 6.07) is 1.69. The van der Waals surface area contributed by atoms with Crippen LogP contribution in [0.25, 0.3) is 11.2 Å². The van der Waals surface area contributed by atoms with E-state index in [1.807, 2.05) is 25.3 Å². The quantitative estimate of drug-likeness (QED) is 0.0699. The van der Waals surface area contributed by atoms with Crippen molar-refractivity contribution < 1.29 is 28.4 Å². The highest BCUT2D eigenvalue weighted by molar-refractivity contribution is 7.59. The number of nitrogens with zero attached hydrogens (tertiary/aromatic N) is 3. The lowest BCUT2D eigenvalue weighted by Crippen LogP contribution is -2.56. The monoisotopic (exact) mass is 652 g/mol. The highest BCUT2D eigenvalue weighted by atomic mass is 31.2. The van der Waals surface area contributed by atoms with Crippen molar-refractivity contribution in [1.82, 2.24) is 24.7 Å². The fraction of sp³-hybridized carbons (Fsp3) is 0.750. The van der Waals surface area contributed by atoms with E-state index in [2.05, 4.69) is 34.0 Å². The van der Waals surface area contributed by atoms with Gasteiger partial charge >= 0.3 is 11.9 Å². The summed E-state index contributed by atoms with van der Waals surface area (Å²) in [6.07, 6.45) is 10.9. The van der Waals surface area contributed by atoms with Gasteiger partial charge in [0.1, 0.15) is 22.9 Å². The van der Waals surface area contributed by atoms with Crippen LogP contribution >= 0.6 is 7.44 Å². The molecule has 0 aliphatic heterocycles. The molecule has 2 aromatic rings. The fourth-order valence-corrected chi connectivity index (χ4v) is 7.55. The van der Waals surface area contributed by atoms with Crippen LogP contribution in [0, 0.1) is 0 Å². The van der Waals surface area contributed by atoms with Crippen LogP contribution < -0.4 is 15.9 Å². The third-order valence-electron chi connectivity index (χ3n) is 8.16. The minimum Gasteiger partial charge on any atom is -0.464 e. The Kier molecular flexibility index (Phi) is 16.0. The van der Waals surface area contributed by atoms with Gasteiger partial charge in [-0.25, -0.2) is 20.1 Å². The molecule has 0 fully saturated rings. The second-order valence-corrected chi connectivity index (χ2v) is 14.5. The molecule has 0 saturated heterocycles. The lowest BCUT2D eigenvalue weighted by atomic mass is 10.0. The van der Waals surface area contributed by atoms with E-state index in [-0.39, 0.29) is 19.6 Å². The van der Waals surface area contributed by atoms with Gasteiger partial charge in [-0.1, -0.05) is 66.2 Å². The van der Waals surface area contributed by atoms with Crippen LogP contribution in [0.4, 0.5) is 5.69 Å². The average molecular weight is 653 g/mol. The second kappa shape index (κ2) is 18.6. The first-order valence-electron chi connectivity index (χ1n) is 16.6. The Hall–Kier alpha value is -2.53. The van der Waals surface area contributed by atoms with Crippen molar-refractivity contribution in [2.45, 2.75) is 136 Å². The zero-order valence-corrected chi connectivity index (χ0v) is 29.4. The first-order chi connectivity index (χ1) is 21.4. The maximum absolute atomic E-state index is 14.8. The highest BCUT2D eigenvalue weighted by Gasteiger charge is 2.45. The largest absolute Gasteiger partial charge is 0.464 e. The lowest BCUT2D eigenvalue weighted by Gasteiger charge is -2.37. The third-order valence-corrected chi connectivity index (χ3v) is 10.4. The van der Waals surface area contributed by atoms with Crippen molar-refractivity contribution in [3.63, 3.8) is 0 Å². The van der Waals surface area contributed by atoms with Crippen molar-refractivity contribution in [2.24, 2.45) is 0 Å². The van der Waals surface area contributed by atoms with Gasteiger partial charge in [0.05, 0.1) is 37.9 Å². The Balaban J connectivity index is 2.25. The molecule has 0 unspecified atom stereocenters. The normalized spacial score (nSPS) is 15.4. The molecule has 0 bridgehead atoms. The maximum Gasteiger partial charge on any atom is 0.326 e. The Morgan fingerprint density at radius 3 is 1.93 bits per heavy atom. The molecule has 4 N–H and O–H groups in total. The number of carbonyl (C=O) groups excluding carboxylic acids is 2. The summed E-state index contributed by atoms with van der Waals surface area (Å²) < 4.78 is 34.0. The summed E-state index contributed by atoms with van der Waals surface area (Å²) in [6.45, 7) is 14.0. The molecular formula is C32H57N6O6P. The van der Waals surface area contributed by atoms with Crippen molar-refractivity contribution in [3.05, 3.63) is 18.6 Å². The summed E-state index contributed by atoms with van der Waals surface area (Å²) in [4.78, 5) is 35.4. The molecule has 2 aromatic heterocycles. The van der Waals surface area contributed by atoms with Crippen LogP contribution in [0.3, 0.4) is 0 Å². The number of fused-ring (bicyclic) bond motifs is 1. The fourth-order valence-electron chi connectivity index (χ4n) is 4.81. The number of nitrogen functional groups attached to an aromatic ring is 1. The number of anilines is 1. The number of hydrogen-bond donors (Lipinski definition) is 3. The van der Waals surface area contributed by atoms with E-state index in [1.165, 1.54) is 0 Å². The van der Waals surface area contributed by atoms with Crippen molar-refractivity contribution >= 4 is 36.2 Å². The Bertz CT molecular complexity index is 1210. The number of rotatable bonds is 23. The zero-order valence-electron chi connectivity index (χ0n) is 28.5. The molecular weight excluding hydrogens is 595 g/mol. The molecule has 0 radical (unpaired) electrons. The Labute approximate surface area is 269 Å². The topological polar surface area (TPSA) is 160 Å². The number of imidazole rings is 1. The summed E-state index contributed by atoms with van der Waals surface area (Å²) >= 11 is 0. The molecule has 256 valence electrons. The van der Waals surface area contributed by atoms with Gasteiger partial charge in [0, 0.05) is 6.20 Å². The molecule has 13 heteroatoms. The van der Waals surface area contributed by atoms with E-state index >= 15 is 0 Å². The number of carbonyl (C=O) groups is 2. The minimum atomic E-state index is -3.79. The van der Waals surface area contributed by atoms with Crippen LogP contribution in [0.15, 0.2) is 18.6 Å². The molecule has 0 aliphatic carbocycles. The third kappa shape index (κ3) is 11.6. The molecule has 12 nitrogen and oxygen atoms in total. The molecule has 2 rings (SSSR count). The van der Waals surface area contributed by atoms with E-state index in [9.17, 15) is 14.2 Å². The molecule has 45 heavy (non-hydrogen) atoms. The van der Waals surface area contributed by atoms with E-state index in [0.29, 0.717) is 36.2 Å². The van der Waals surface area contributed by atoms with E-state index < -0.39 is 36.6 Å². The van der Waals surface area contributed by atoms with Gasteiger partial charge in [-0.15, -0.1) is 0 Å². The number of aromatic nitrogens is 3. The molecule has 0 saturated carbocycles. The SMILES string of the molecule is CCCCCCOC(=O)[C@](C)(CC)NP(=O)(CO[C@H](C)Cn1cnc2c(N)ccnc21)N[C@@](C)(CC)C(=O)OCCCCCC. The average Bonchev–Trinajstić information content (AvgIpc) is 3.43. The van der Waals surface area contributed by atoms with Crippen molar-refractivity contribution in [2.75, 3.05) is 25.3 Å². The maximum atomic E-state index is 14.8. The summed E-state index contributed by atoms with van der Waals surface area (Å²) in [7, 11) is -3.79. The first kappa shape index (κ1) is 38.7. The van der Waals surface area contributed by atoms with Crippen LogP contribution in [-0.4, -0.2) is 63.2 Å². The predicted octanol–water partition coefficient (Wildman–Crippen LogP) is 6.33. The number of hydrogen-bond acceptors (Lipinski definition) is 9. The molecule has 3 atom stereocenters. The standard InChI is InChI=1S/C32H57N6O6P/c1-8-12-14-16-20-42-29(39)31(6,10-3)36-45(41,37-32(7,11-4)30(40)43-21-17-15-13-9-2)24-44-25(5)22-38-23-35-27-26(33)18-19-34-28(27)38/h18-19,23,25H,8-17,20-22,24H2,1-7H3,(H2,33,34)(H2,36,37,41)/t25-,31+,32+/m1/s1. The highest BCUT2D eigenvalue weighted by Crippen LogP contribution is 2.43. The number of esters is 2. The summed E-state index contributed by atoms with van der Waals surface area (Å²) in [5, 5.41) is 6.16. The van der Waals surface area contributed by atoms with Gasteiger partial charge in [0.25, 0.3) is 0 Å². The van der Waals surface area contributed by atoms with Gasteiger partial charge in [0.15, 0.2) is 5.65 Å². The van der Waals surface area contributed by atoms with Crippen LogP contribution in [0.1, 0.15) is 113 Å². The van der Waals surface area contributed by atoms with Gasteiger partial charge in [-0.05, 0) is 52.5 Å². The molecule has 2 heterocycles. The van der Waals surface area contributed by atoms with Crippen LogP contribution in [0.5, 0.6) is 0 Å². The Morgan fingerprint density at radius 2 is 1.44 bits per heavy atom. The van der Waals surface area contributed by atoms with Crippen molar-refractivity contribution in [3.8, 4) is 0 Å². The molecule has 0 aromatic carbocycles. The van der Waals surface area contributed by atoms with E-state index in [0.717, 1.165) is 51.4 Å². The summed E-state index contributed by atoms with van der Waals surface area (Å²) in [5.74, 6) is -0.997. The number of ether oxygens (including phenoxy) is 3. The van der Waals surface area contributed by atoms with Gasteiger partial charge in [0.2, 0.25) is 7.44 Å². The zero-order chi connectivity index (χ0) is 33.5. The second-order valence-electron chi connectivity index (χ2n) is 12.3. The lowest BCUT2D eigenvalue weighted by molar-refractivity contribution is -0.150. The number of nitrogens with two attached hydrogens (primary N) is 1. The minimum absolute atomic E-state index is 0.288. The summed E-state index contributed by atoms with van der Waals surface area (Å²) in [5.41, 5.74) is 5.19. The first-order valence-corrected chi connectivity index (χ1v) is 18.4. The van der Waals surface area contributed by atoms with E-state index in [4.69, 9.17) is 19.9 Å². The van der Waals surface area contributed by atoms with Gasteiger partial charge in [-0.3, -0.25) is 14.2 Å².